The Hall–Kier alpha value is -2.31. The molecule has 0 saturated carbocycles. The molecule has 6 heteroatoms. The molecular formula is C22H26N2O3S. The summed E-state index contributed by atoms with van der Waals surface area (Å²) in [6, 6.07) is 13.7. The molecule has 0 amide bonds. The monoisotopic (exact) mass is 398 g/mol. The van der Waals surface area contributed by atoms with Crippen LogP contribution in [-0.2, 0) is 17.1 Å². The van der Waals surface area contributed by atoms with Crippen molar-refractivity contribution < 1.29 is 13.2 Å². The molecule has 3 aromatic rings. The molecule has 1 saturated heterocycles. The molecule has 0 bridgehead atoms. The van der Waals surface area contributed by atoms with Crippen molar-refractivity contribution in [2.45, 2.75) is 30.6 Å². The van der Waals surface area contributed by atoms with E-state index in [4.69, 9.17) is 4.74 Å². The summed E-state index contributed by atoms with van der Waals surface area (Å²) in [4.78, 5) is 0.263. The number of hydrogen-bond donors (Lipinski definition) is 0. The molecule has 2 heterocycles. The molecule has 4 rings (SSSR count). The third-order valence-electron chi connectivity index (χ3n) is 5.76. The van der Waals surface area contributed by atoms with Gasteiger partial charge in [0.2, 0.25) is 10.0 Å². The highest BCUT2D eigenvalue weighted by molar-refractivity contribution is 7.89. The van der Waals surface area contributed by atoms with Gasteiger partial charge in [-0.05, 0) is 55.0 Å². The van der Waals surface area contributed by atoms with E-state index < -0.39 is 10.0 Å². The Balaban J connectivity index is 1.58. The SMILES string of the molecule is COc1ccc(C)cc1S(=O)(=O)N1CCC(c2cn(C)c3ccccc23)CC1. The number of nitrogens with zero attached hydrogens (tertiary/aromatic N) is 2. The van der Waals surface area contributed by atoms with Crippen LogP contribution in [0.15, 0.2) is 53.6 Å². The van der Waals surface area contributed by atoms with Gasteiger partial charge in [-0.1, -0.05) is 24.3 Å². The van der Waals surface area contributed by atoms with Crippen molar-refractivity contribution in [3.8, 4) is 5.75 Å². The molecule has 1 aliphatic heterocycles. The summed E-state index contributed by atoms with van der Waals surface area (Å²) in [6.07, 6.45) is 3.84. The van der Waals surface area contributed by atoms with Gasteiger partial charge in [-0.3, -0.25) is 0 Å². The smallest absolute Gasteiger partial charge is 0.246 e. The minimum Gasteiger partial charge on any atom is -0.495 e. The molecule has 0 unspecified atom stereocenters. The zero-order valence-corrected chi connectivity index (χ0v) is 17.4. The van der Waals surface area contributed by atoms with Gasteiger partial charge < -0.3 is 9.30 Å². The van der Waals surface area contributed by atoms with E-state index in [0.29, 0.717) is 24.8 Å². The number of rotatable bonds is 4. The van der Waals surface area contributed by atoms with Crippen molar-refractivity contribution >= 4 is 20.9 Å². The van der Waals surface area contributed by atoms with Crippen molar-refractivity contribution in [1.29, 1.82) is 0 Å². The summed E-state index contributed by atoms with van der Waals surface area (Å²) in [5, 5.41) is 1.27. The molecule has 0 atom stereocenters. The van der Waals surface area contributed by atoms with Crippen molar-refractivity contribution in [2.75, 3.05) is 20.2 Å². The van der Waals surface area contributed by atoms with Gasteiger partial charge in [-0.2, -0.15) is 4.31 Å². The molecule has 0 radical (unpaired) electrons. The van der Waals surface area contributed by atoms with Crippen LogP contribution in [0.4, 0.5) is 0 Å². The Kier molecular flexibility index (Phi) is 4.93. The summed E-state index contributed by atoms with van der Waals surface area (Å²) in [7, 11) is 0.00820. The maximum Gasteiger partial charge on any atom is 0.246 e. The number of piperidine rings is 1. The lowest BCUT2D eigenvalue weighted by Crippen LogP contribution is -2.38. The van der Waals surface area contributed by atoms with Gasteiger partial charge in [-0.25, -0.2) is 8.42 Å². The molecule has 0 N–H and O–H groups in total. The highest BCUT2D eigenvalue weighted by atomic mass is 32.2. The number of fused-ring (bicyclic) bond motifs is 1. The first-order chi connectivity index (χ1) is 13.4. The van der Waals surface area contributed by atoms with Crippen LogP contribution in [0.3, 0.4) is 0 Å². The van der Waals surface area contributed by atoms with Gasteiger partial charge >= 0.3 is 0 Å². The average molecular weight is 399 g/mol. The normalized spacial score (nSPS) is 16.5. The minimum atomic E-state index is -3.57. The van der Waals surface area contributed by atoms with Crippen LogP contribution in [0, 0.1) is 6.92 Å². The van der Waals surface area contributed by atoms with E-state index in [9.17, 15) is 8.42 Å². The number of ether oxygens (including phenoxy) is 1. The third-order valence-corrected chi connectivity index (χ3v) is 7.68. The summed E-state index contributed by atoms with van der Waals surface area (Å²) >= 11 is 0. The number of aromatic nitrogens is 1. The summed E-state index contributed by atoms with van der Waals surface area (Å²) in [6.45, 7) is 2.94. The summed E-state index contributed by atoms with van der Waals surface area (Å²) in [5.74, 6) is 0.777. The van der Waals surface area contributed by atoms with Crippen molar-refractivity contribution in [1.82, 2.24) is 8.87 Å². The summed E-state index contributed by atoms with van der Waals surface area (Å²) < 4.78 is 35.5. The fourth-order valence-corrected chi connectivity index (χ4v) is 5.94. The van der Waals surface area contributed by atoms with Gasteiger partial charge in [0.25, 0.3) is 0 Å². The lowest BCUT2D eigenvalue weighted by atomic mass is 9.90. The molecular weight excluding hydrogens is 372 g/mol. The van der Waals surface area contributed by atoms with Crippen molar-refractivity contribution in [3.63, 3.8) is 0 Å². The van der Waals surface area contributed by atoms with E-state index >= 15 is 0 Å². The lowest BCUT2D eigenvalue weighted by Gasteiger charge is -2.31. The standard InChI is InChI=1S/C22H26N2O3S/c1-16-8-9-21(27-3)22(14-16)28(25,26)24-12-10-17(11-13-24)19-15-23(2)20-7-5-4-6-18(19)20/h4-9,14-15,17H,10-13H2,1-3H3. The largest absolute Gasteiger partial charge is 0.495 e. The molecule has 0 spiro atoms. The van der Waals surface area contributed by atoms with Crippen molar-refractivity contribution in [2.24, 2.45) is 7.05 Å². The van der Waals surface area contributed by atoms with Gasteiger partial charge in [0, 0.05) is 37.2 Å². The van der Waals surface area contributed by atoms with Crippen molar-refractivity contribution in [3.05, 3.63) is 59.8 Å². The molecule has 28 heavy (non-hydrogen) atoms. The van der Waals surface area contributed by atoms with Gasteiger partial charge in [0.05, 0.1) is 7.11 Å². The maximum absolute atomic E-state index is 13.2. The second-order valence-corrected chi connectivity index (χ2v) is 9.45. The number of benzene rings is 2. The van der Waals surface area contributed by atoms with Crippen LogP contribution in [0.2, 0.25) is 0 Å². The molecule has 5 nitrogen and oxygen atoms in total. The first-order valence-electron chi connectivity index (χ1n) is 9.60. The highest BCUT2D eigenvalue weighted by Gasteiger charge is 2.32. The Morgan fingerprint density at radius 2 is 1.79 bits per heavy atom. The maximum atomic E-state index is 13.2. The van der Waals surface area contributed by atoms with Crippen LogP contribution >= 0.6 is 0 Å². The predicted molar refractivity (Wildman–Crippen MR) is 111 cm³/mol. The Morgan fingerprint density at radius 3 is 2.50 bits per heavy atom. The molecule has 1 aliphatic rings. The number of methoxy groups -OCH3 is 1. The lowest BCUT2D eigenvalue weighted by molar-refractivity contribution is 0.318. The quantitative estimate of drug-likeness (QED) is 0.666. The van der Waals surface area contributed by atoms with E-state index in [0.717, 1.165) is 18.4 Å². The van der Waals surface area contributed by atoms with Gasteiger partial charge in [-0.15, -0.1) is 0 Å². The van der Waals surface area contributed by atoms with Crippen LogP contribution in [0.1, 0.15) is 29.9 Å². The Morgan fingerprint density at radius 1 is 1.07 bits per heavy atom. The Bertz CT molecular complexity index is 1110. The second kappa shape index (κ2) is 7.26. The van der Waals surface area contributed by atoms with Gasteiger partial charge in [0.1, 0.15) is 10.6 Å². The number of hydrogen-bond acceptors (Lipinski definition) is 3. The van der Waals surface area contributed by atoms with E-state index in [1.165, 1.54) is 23.6 Å². The molecule has 148 valence electrons. The fraction of sp³-hybridized carbons (Fsp3) is 0.364. The second-order valence-electron chi connectivity index (χ2n) is 7.55. The molecule has 1 aromatic heterocycles. The van der Waals surface area contributed by atoms with Crippen LogP contribution in [0.25, 0.3) is 10.9 Å². The number of sulfonamides is 1. The van der Waals surface area contributed by atoms with Crippen LogP contribution in [-0.4, -0.2) is 37.5 Å². The first-order valence-corrected chi connectivity index (χ1v) is 11.0. The zero-order chi connectivity index (χ0) is 19.9. The van der Waals surface area contributed by atoms with E-state index in [-0.39, 0.29) is 4.90 Å². The minimum absolute atomic E-state index is 0.263. The van der Waals surface area contributed by atoms with Crippen LogP contribution in [0.5, 0.6) is 5.75 Å². The first kappa shape index (κ1) is 19.0. The fourth-order valence-electron chi connectivity index (χ4n) is 4.23. The Labute approximate surface area is 166 Å². The van der Waals surface area contributed by atoms with E-state index in [1.54, 1.807) is 16.4 Å². The number of para-hydroxylation sites is 1. The van der Waals surface area contributed by atoms with Gasteiger partial charge in [0.15, 0.2) is 0 Å². The summed E-state index contributed by atoms with van der Waals surface area (Å²) in [5.41, 5.74) is 3.45. The highest BCUT2D eigenvalue weighted by Crippen LogP contribution is 2.36. The number of aryl methyl sites for hydroxylation is 2. The third kappa shape index (κ3) is 3.20. The average Bonchev–Trinajstić information content (AvgIpc) is 3.05. The molecule has 1 fully saturated rings. The van der Waals surface area contributed by atoms with Crippen LogP contribution < -0.4 is 4.74 Å². The molecule has 0 aliphatic carbocycles. The van der Waals surface area contributed by atoms with E-state index in [1.807, 2.05) is 13.0 Å². The van der Waals surface area contributed by atoms with E-state index in [2.05, 4.69) is 42.1 Å². The predicted octanol–water partition coefficient (Wildman–Crippen LogP) is 4.06. The topological polar surface area (TPSA) is 51.5 Å². The zero-order valence-electron chi connectivity index (χ0n) is 16.6. The molecule has 2 aromatic carbocycles.